The van der Waals surface area contributed by atoms with Crippen LogP contribution >= 0.6 is 0 Å². The van der Waals surface area contributed by atoms with Crippen LogP contribution in [0.1, 0.15) is 48.5 Å². The molecule has 1 amide bonds. The number of aliphatic carboxylic acids is 1. The summed E-state index contributed by atoms with van der Waals surface area (Å²) < 4.78 is 0. The van der Waals surface area contributed by atoms with Crippen LogP contribution in [0.25, 0.3) is 0 Å². The molecule has 1 aliphatic heterocycles. The predicted molar refractivity (Wildman–Crippen MR) is 81.8 cm³/mol. The zero-order valence-corrected chi connectivity index (χ0v) is 12.7. The molecule has 1 aliphatic rings. The van der Waals surface area contributed by atoms with Gasteiger partial charge in [0.25, 0.3) is 0 Å². The summed E-state index contributed by atoms with van der Waals surface area (Å²) in [5.41, 5.74) is 1.76. The molecule has 1 fully saturated rings. The lowest BCUT2D eigenvalue weighted by molar-refractivity contribution is -0.148. The minimum atomic E-state index is -0.965. The van der Waals surface area contributed by atoms with Crippen LogP contribution in [0.15, 0.2) is 24.3 Å². The number of ketones is 1. The Morgan fingerprint density at radius 3 is 2.45 bits per heavy atom. The van der Waals surface area contributed by atoms with Crippen LogP contribution in [0.4, 0.5) is 0 Å². The SMILES string of the molecule is CCc1ccc(C(=O)CCC(=O)N2CCC[C@H]2C(=O)O)cc1. The van der Waals surface area contributed by atoms with Gasteiger partial charge in [0.05, 0.1) is 0 Å². The molecule has 0 aromatic heterocycles. The Kier molecular flexibility index (Phi) is 5.31. The Morgan fingerprint density at radius 2 is 1.86 bits per heavy atom. The summed E-state index contributed by atoms with van der Waals surface area (Å²) in [6.07, 6.45) is 2.30. The highest BCUT2D eigenvalue weighted by molar-refractivity contribution is 5.98. The Hall–Kier alpha value is -2.17. The molecule has 118 valence electrons. The first-order valence-electron chi connectivity index (χ1n) is 7.67. The lowest BCUT2D eigenvalue weighted by Gasteiger charge is -2.21. The van der Waals surface area contributed by atoms with Crippen LogP contribution in [0.2, 0.25) is 0 Å². The molecule has 0 saturated carbocycles. The Bertz CT molecular complexity index is 565. The van der Waals surface area contributed by atoms with Gasteiger partial charge in [0.15, 0.2) is 5.78 Å². The minimum absolute atomic E-state index is 0.0676. The van der Waals surface area contributed by atoms with Gasteiger partial charge in [-0.15, -0.1) is 0 Å². The van der Waals surface area contributed by atoms with E-state index in [0.717, 1.165) is 12.0 Å². The number of Topliss-reactive ketones (excluding diaryl/α,β-unsaturated/α-hetero) is 1. The first-order chi connectivity index (χ1) is 10.5. The summed E-state index contributed by atoms with van der Waals surface area (Å²) in [5, 5.41) is 9.08. The second-order valence-electron chi connectivity index (χ2n) is 5.56. The molecule has 2 rings (SSSR count). The maximum atomic E-state index is 12.1. The van der Waals surface area contributed by atoms with Gasteiger partial charge in [-0.3, -0.25) is 9.59 Å². The van der Waals surface area contributed by atoms with E-state index < -0.39 is 12.0 Å². The number of hydrogen-bond acceptors (Lipinski definition) is 3. The molecule has 1 atom stereocenters. The van der Waals surface area contributed by atoms with E-state index in [1.54, 1.807) is 12.1 Å². The van der Waals surface area contributed by atoms with Crippen LogP contribution < -0.4 is 0 Å². The maximum absolute atomic E-state index is 12.1. The smallest absolute Gasteiger partial charge is 0.326 e. The zero-order chi connectivity index (χ0) is 16.1. The number of carbonyl (C=O) groups is 3. The number of aryl methyl sites for hydroxylation is 1. The molecule has 0 bridgehead atoms. The van der Waals surface area contributed by atoms with Crippen LogP contribution in [0.5, 0.6) is 0 Å². The number of hydrogen-bond donors (Lipinski definition) is 1. The van der Waals surface area contributed by atoms with Gasteiger partial charge >= 0.3 is 5.97 Å². The molecule has 1 N–H and O–H groups in total. The molecule has 0 spiro atoms. The van der Waals surface area contributed by atoms with Gasteiger partial charge in [-0.2, -0.15) is 0 Å². The number of carboxylic acid groups (broad SMARTS) is 1. The molecule has 5 heteroatoms. The van der Waals surface area contributed by atoms with E-state index in [2.05, 4.69) is 0 Å². The molecule has 5 nitrogen and oxygen atoms in total. The minimum Gasteiger partial charge on any atom is -0.480 e. The zero-order valence-electron chi connectivity index (χ0n) is 12.7. The van der Waals surface area contributed by atoms with Gasteiger partial charge in [-0.05, 0) is 24.8 Å². The van der Waals surface area contributed by atoms with Crippen LogP contribution in [-0.4, -0.2) is 40.3 Å². The molecular weight excluding hydrogens is 282 g/mol. The third kappa shape index (κ3) is 3.72. The molecule has 0 radical (unpaired) electrons. The second kappa shape index (κ2) is 7.20. The maximum Gasteiger partial charge on any atom is 0.326 e. The molecule has 1 aromatic carbocycles. The molecular formula is C17H21NO4. The fraction of sp³-hybridized carbons (Fsp3) is 0.471. The van der Waals surface area contributed by atoms with Gasteiger partial charge in [0, 0.05) is 24.9 Å². The van der Waals surface area contributed by atoms with Gasteiger partial charge in [-0.25, -0.2) is 4.79 Å². The van der Waals surface area contributed by atoms with E-state index >= 15 is 0 Å². The summed E-state index contributed by atoms with van der Waals surface area (Å²) in [6, 6.07) is 6.65. The quantitative estimate of drug-likeness (QED) is 0.818. The Labute approximate surface area is 129 Å². The van der Waals surface area contributed by atoms with E-state index in [1.807, 2.05) is 19.1 Å². The van der Waals surface area contributed by atoms with Crippen molar-refractivity contribution < 1.29 is 19.5 Å². The van der Waals surface area contributed by atoms with Gasteiger partial charge in [-0.1, -0.05) is 31.2 Å². The van der Waals surface area contributed by atoms with Gasteiger partial charge in [0.1, 0.15) is 6.04 Å². The van der Waals surface area contributed by atoms with E-state index in [9.17, 15) is 14.4 Å². The standard InChI is InChI=1S/C17H21NO4/c1-2-12-5-7-13(8-6-12)15(19)9-10-16(20)18-11-3-4-14(18)17(21)22/h5-8,14H,2-4,9-11H2,1H3,(H,21,22)/t14-/m0/s1. The summed E-state index contributed by atoms with van der Waals surface area (Å²) in [7, 11) is 0. The molecule has 0 aliphatic carbocycles. The average molecular weight is 303 g/mol. The summed E-state index contributed by atoms with van der Waals surface area (Å²) in [6.45, 7) is 2.51. The van der Waals surface area contributed by atoms with E-state index in [4.69, 9.17) is 5.11 Å². The van der Waals surface area contributed by atoms with Crippen molar-refractivity contribution in [3.8, 4) is 0 Å². The third-order valence-corrected chi connectivity index (χ3v) is 4.11. The third-order valence-electron chi connectivity index (χ3n) is 4.11. The van der Waals surface area contributed by atoms with Crippen molar-refractivity contribution in [3.63, 3.8) is 0 Å². The molecule has 1 heterocycles. The fourth-order valence-corrected chi connectivity index (χ4v) is 2.76. The molecule has 1 saturated heterocycles. The van der Waals surface area contributed by atoms with E-state index in [0.29, 0.717) is 24.9 Å². The monoisotopic (exact) mass is 303 g/mol. The van der Waals surface area contributed by atoms with Crippen LogP contribution in [0, 0.1) is 0 Å². The highest BCUT2D eigenvalue weighted by Gasteiger charge is 2.33. The summed E-state index contributed by atoms with van der Waals surface area (Å²) in [4.78, 5) is 36.7. The highest BCUT2D eigenvalue weighted by atomic mass is 16.4. The first kappa shape index (κ1) is 16.2. The van der Waals surface area contributed by atoms with Crippen molar-refractivity contribution in [2.24, 2.45) is 0 Å². The second-order valence-corrected chi connectivity index (χ2v) is 5.56. The lowest BCUT2D eigenvalue weighted by atomic mass is 10.0. The van der Waals surface area contributed by atoms with Crippen molar-refractivity contribution in [3.05, 3.63) is 35.4 Å². The predicted octanol–water partition coefficient (Wildman–Crippen LogP) is 2.29. The number of likely N-dealkylation sites (tertiary alicyclic amines) is 1. The van der Waals surface area contributed by atoms with E-state index in [-0.39, 0.29) is 24.5 Å². The number of rotatable bonds is 6. The van der Waals surface area contributed by atoms with Crippen molar-refractivity contribution in [1.82, 2.24) is 4.90 Å². The van der Waals surface area contributed by atoms with Crippen molar-refractivity contribution >= 4 is 17.7 Å². The number of benzene rings is 1. The molecule has 1 aromatic rings. The lowest BCUT2D eigenvalue weighted by Crippen LogP contribution is -2.40. The Balaban J connectivity index is 1.90. The summed E-state index contributed by atoms with van der Waals surface area (Å²) >= 11 is 0. The van der Waals surface area contributed by atoms with E-state index in [1.165, 1.54) is 4.90 Å². The van der Waals surface area contributed by atoms with Gasteiger partial charge in [0.2, 0.25) is 5.91 Å². The first-order valence-corrected chi connectivity index (χ1v) is 7.67. The number of amides is 1. The van der Waals surface area contributed by atoms with Gasteiger partial charge < -0.3 is 10.0 Å². The number of carboxylic acids is 1. The van der Waals surface area contributed by atoms with Crippen molar-refractivity contribution in [2.75, 3.05) is 6.54 Å². The Morgan fingerprint density at radius 1 is 1.18 bits per heavy atom. The van der Waals surface area contributed by atoms with Crippen LogP contribution in [-0.2, 0) is 16.0 Å². The van der Waals surface area contributed by atoms with Crippen LogP contribution in [0.3, 0.4) is 0 Å². The molecule has 0 unspecified atom stereocenters. The summed E-state index contributed by atoms with van der Waals surface area (Å²) in [5.74, 6) is -1.29. The van der Waals surface area contributed by atoms with Crippen molar-refractivity contribution in [2.45, 2.75) is 45.1 Å². The molecule has 22 heavy (non-hydrogen) atoms. The number of carbonyl (C=O) groups excluding carboxylic acids is 2. The largest absolute Gasteiger partial charge is 0.480 e. The average Bonchev–Trinajstić information content (AvgIpc) is 3.02. The number of nitrogens with zero attached hydrogens (tertiary/aromatic N) is 1. The normalized spacial score (nSPS) is 17.5. The highest BCUT2D eigenvalue weighted by Crippen LogP contribution is 2.19. The van der Waals surface area contributed by atoms with Crippen molar-refractivity contribution in [1.29, 1.82) is 0 Å². The fourth-order valence-electron chi connectivity index (χ4n) is 2.76. The topological polar surface area (TPSA) is 74.7 Å².